The van der Waals surface area contributed by atoms with Crippen molar-refractivity contribution >= 4 is 38.4 Å². The molecule has 21 heavy (non-hydrogen) atoms. The predicted molar refractivity (Wildman–Crippen MR) is 84.3 cm³/mol. The molecule has 112 valence electrons. The van der Waals surface area contributed by atoms with Crippen molar-refractivity contribution in [3.05, 3.63) is 39.9 Å². The van der Waals surface area contributed by atoms with E-state index in [2.05, 4.69) is 5.32 Å². The van der Waals surface area contributed by atoms with Crippen LogP contribution >= 0.6 is 22.7 Å². The Labute approximate surface area is 131 Å². The SMILES string of the molecule is O=C(NCC(c1cccs1)S(=O)(=O)c1cccs1)C1CC1. The molecule has 1 saturated carbocycles. The van der Waals surface area contributed by atoms with Gasteiger partial charge >= 0.3 is 0 Å². The summed E-state index contributed by atoms with van der Waals surface area (Å²) < 4.78 is 25.9. The van der Waals surface area contributed by atoms with Gasteiger partial charge < -0.3 is 5.32 Å². The first kappa shape index (κ1) is 14.7. The first-order valence-corrected chi connectivity index (χ1v) is 9.98. The van der Waals surface area contributed by atoms with Crippen molar-refractivity contribution in [3.8, 4) is 0 Å². The second-order valence-electron chi connectivity index (χ2n) is 5.00. The summed E-state index contributed by atoms with van der Waals surface area (Å²) in [6, 6.07) is 6.98. The summed E-state index contributed by atoms with van der Waals surface area (Å²) >= 11 is 2.62. The average molecular weight is 341 g/mol. The molecule has 4 nitrogen and oxygen atoms in total. The Morgan fingerprint density at radius 1 is 1.24 bits per heavy atom. The quantitative estimate of drug-likeness (QED) is 0.879. The van der Waals surface area contributed by atoms with Gasteiger partial charge in [0.2, 0.25) is 5.91 Å². The van der Waals surface area contributed by atoms with Crippen molar-refractivity contribution in [2.75, 3.05) is 6.54 Å². The Morgan fingerprint density at radius 2 is 1.95 bits per heavy atom. The number of hydrogen-bond acceptors (Lipinski definition) is 5. The summed E-state index contributed by atoms with van der Waals surface area (Å²) in [5.74, 6) is 0.0522. The van der Waals surface area contributed by atoms with E-state index in [9.17, 15) is 13.2 Å². The maximum atomic E-state index is 12.8. The van der Waals surface area contributed by atoms with Gasteiger partial charge in [-0.25, -0.2) is 8.42 Å². The second-order valence-corrected chi connectivity index (χ2v) is 9.28. The zero-order chi connectivity index (χ0) is 14.9. The molecule has 1 aliphatic rings. The van der Waals surface area contributed by atoms with E-state index in [0.29, 0.717) is 4.21 Å². The monoisotopic (exact) mass is 341 g/mol. The van der Waals surface area contributed by atoms with Gasteiger partial charge in [0.1, 0.15) is 9.46 Å². The lowest BCUT2D eigenvalue weighted by atomic mass is 10.3. The molecule has 0 bridgehead atoms. The van der Waals surface area contributed by atoms with Crippen LogP contribution in [-0.4, -0.2) is 20.9 Å². The summed E-state index contributed by atoms with van der Waals surface area (Å²) in [4.78, 5) is 12.6. The normalized spacial score (nSPS) is 16.6. The molecule has 7 heteroatoms. The second kappa shape index (κ2) is 5.90. The highest BCUT2D eigenvalue weighted by Crippen LogP contribution is 2.34. The van der Waals surface area contributed by atoms with E-state index < -0.39 is 15.1 Å². The van der Waals surface area contributed by atoms with Crippen molar-refractivity contribution in [1.29, 1.82) is 0 Å². The Hall–Kier alpha value is -1.18. The van der Waals surface area contributed by atoms with Crippen LogP contribution in [0.4, 0.5) is 0 Å². The molecule has 3 rings (SSSR count). The largest absolute Gasteiger partial charge is 0.354 e. The number of amides is 1. The van der Waals surface area contributed by atoms with E-state index in [1.165, 1.54) is 22.7 Å². The number of carbonyl (C=O) groups is 1. The van der Waals surface area contributed by atoms with E-state index in [4.69, 9.17) is 0 Å². The number of nitrogens with one attached hydrogen (secondary N) is 1. The molecule has 0 spiro atoms. The highest BCUT2D eigenvalue weighted by molar-refractivity contribution is 7.93. The first-order valence-electron chi connectivity index (χ1n) is 6.67. The summed E-state index contributed by atoms with van der Waals surface area (Å²) in [5.41, 5.74) is 0. The van der Waals surface area contributed by atoms with Crippen molar-refractivity contribution < 1.29 is 13.2 Å². The number of sulfone groups is 1. The summed E-state index contributed by atoms with van der Waals surface area (Å²) in [6.45, 7) is 0.135. The third-order valence-electron chi connectivity index (χ3n) is 3.42. The van der Waals surface area contributed by atoms with Gasteiger partial charge in [-0.15, -0.1) is 22.7 Å². The Balaban J connectivity index is 1.84. The van der Waals surface area contributed by atoms with Crippen LogP contribution in [-0.2, 0) is 14.6 Å². The molecule has 1 unspecified atom stereocenters. The molecule has 2 aromatic rings. The van der Waals surface area contributed by atoms with E-state index in [0.717, 1.165) is 17.7 Å². The van der Waals surface area contributed by atoms with Crippen molar-refractivity contribution in [2.24, 2.45) is 5.92 Å². The summed E-state index contributed by atoms with van der Waals surface area (Å²) in [6.07, 6.45) is 1.82. The number of thiophene rings is 2. The summed E-state index contributed by atoms with van der Waals surface area (Å²) in [5, 5.41) is 5.69. The highest BCUT2D eigenvalue weighted by Gasteiger charge is 2.34. The maximum Gasteiger partial charge on any atom is 0.223 e. The third-order valence-corrected chi connectivity index (χ3v) is 8.07. The molecule has 1 aliphatic carbocycles. The van der Waals surface area contributed by atoms with Gasteiger partial charge in [0.25, 0.3) is 0 Å². The molecular weight excluding hydrogens is 326 g/mol. The molecule has 0 aliphatic heterocycles. The standard InChI is InChI=1S/C14H15NO3S3/c16-14(10-5-6-10)15-9-12(11-3-1-7-19-11)21(17,18)13-4-2-8-20-13/h1-4,7-8,10,12H,5-6,9H2,(H,15,16). The number of rotatable bonds is 6. The minimum absolute atomic E-state index is 0.0297. The minimum atomic E-state index is -3.47. The number of hydrogen-bond donors (Lipinski definition) is 1. The number of carbonyl (C=O) groups excluding carboxylic acids is 1. The topological polar surface area (TPSA) is 63.2 Å². The van der Waals surface area contributed by atoms with Crippen LogP contribution in [0.25, 0.3) is 0 Å². The highest BCUT2D eigenvalue weighted by atomic mass is 32.2. The molecular formula is C14H15NO3S3. The van der Waals surface area contributed by atoms with Crippen LogP contribution in [0, 0.1) is 5.92 Å². The van der Waals surface area contributed by atoms with Gasteiger partial charge in [-0.2, -0.15) is 0 Å². The molecule has 1 amide bonds. The van der Waals surface area contributed by atoms with Gasteiger partial charge in [-0.3, -0.25) is 4.79 Å². The molecule has 1 atom stereocenters. The summed E-state index contributed by atoms with van der Waals surface area (Å²) in [7, 11) is -3.47. The first-order chi connectivity index (χ1) is 10.1. The zero-order valence-corrected chi connectivity index (χ0v) is 13.6. The van der Waals surface area contributed by atoms with E-state index in [1.807, 2.05) is 17.5 Å². The molecule has 0 aromatic carbocycles. The lowest BCUT2D eigenvalue weighted by molar-refractivity contribution is -0.122. The molecule has 2 heterocycles. The van der Waals surface area contributed by atoms with Crippen LogP contribution < -0.4 is 5.32 Å². The third kappa shape index (κ3) is 3.20. The fourth-order valence-corrected chi connectivity index (χ4v) is 6.08. The molecule has 2 aromatic heterocycles. The molecule has 1 fully saturated rings. The van der Waals surface area contributed by atoms with Crippen LogP contribution in [0.5, 0.6) is 0 Å². The van der Waals surface area contributed by atoms with Crippen molar-refractivity contribution in [3.63, 3.8) is 0 Å². The zero-order valence-electron chi connectivity index (χ0n) is 11.2. The van der Waals surface area contributed by atoms with Gasteiger partial charge in [0, 0.05) is 17.3 Å². The lowest BCUT2D eigenvalue weighted by Gasteiger charge is -2.16. The Bertz CT molecular complexity index is 701. The molecule has 1 N–H and O–H groups in total. The van der Waals surface area contributed by atoms with Crippen molar-refractivity contribution in [2.45, 2.75) is 22.3 Å². The Morgan fingerprint density at radius 3 is 2.52 bits per heavy atom. The van der Waals surface area contributed by atoms with Crippen LogP contribution in [0.2, 0.25) is 0 Å². The fourth-order valence-electron chi connectivity index (χ4n) is 2.09. The minimum Gasteiger partial charge on any atom is -0.354 e. The van der Waals surface area contributed by atoms with E-state index >= 15 is 0 Å². The van der Waals surface area contributed by atoms with Gasteiger partial charge in [-0.05, 0) is 35.7 Å². The van der Waals surface area contributed by atoms with Crippen LogP contribution in [0.15, 0.2) is 39.2 Å². The van der Waals surface area contributed by atoms with E-state index in [1.54, 1.807) is 17.5 Å². The smallest absolute Gasteiger partial charge is 0.223 e. The van der Waals surface area contributed by atoms with Crippen molar-refractivity contribution in [1.82, 2.24) is 5.32 Å². The average Bonchev–Trinajstić information content (AvgIpc) is 2.95. The van der Waals surface area contributed by atoms with Gasteiger partial charge in [0.05, 0.1) is 0 Å². The van der Waals surface area contributed by atoms with Gasteiger partial charge in [-0.1, -0.05) is 12.1 Å². The Kier molecular flexibility index (Phi) is 4.14. The maximum absolute atomic E-state index is 12.8. The lowest BCUT2D eigenvalue weighted by Crippen LogP contribution is -2.32. The molecule has 0 radical (unpaired) electrons. The van der Waals surface area contributed by atoms with E-state index in [-0.39, 0.29) is 18.4 Å². The van der Waals surface area contributed by atoms with Crippen LogP contribution in [0.1, 0.15) is 23.0 Å². The fraction of sp³-hybridized carbons (Fsp3) is 0.357. The predicted octanol–water partition coefficient (Wildman–Crippen LogP) is 2.85. The van der Waals surface area contributed by atoms with Crippen LogP contribution in [0.3, 0.4) is 0 Å². The van der Waals surface area contributed by atoms with Gasteiger partial charge in [0.15, 0.2) is 9.84 Å². The molecule has 0 saturated heterocycles.